The molecule has 7 heteroatoms. The molecule has 134 valence electrons. The molecule has 0 saturated carbocycles. The van der Waals surface area contributed by atoms with Crippen LogP contribution in [0.2, 0.25) is 0 Å². The average molecular weight is 357 g/mol. The van der Waals surface area contributed by atoms with Gasteiger partial charge in [-0.05, 0) is 36.8 Å². The Labute approximate surface area is 149 Å². The van der Waals surface area contributed by atoms with Crippen LogP contribution in [0.25, 0.3) is 0 Å². The number of benzene rings is 2. The van der Waals surface area contributed by atoms with Crippen LogP contribution in [0, 0.1) is 18.6 Å². The average Bonchev–Trinajstić information content (AvgIpc) is 2.91. The number of hydrogen-bond donors (Lipinski definition) is 1. The molecule has 0 aliphatic heterocycles. The topological polar surface area (TPSA) is 56.2 Å². The molecule has 3 rings (SSSR count). The fourth-order valence-corrected chi connectivity index (χ4v) is 2.47. The molecule has 0 aliphatic carbocycles. The van der Waals surface area contributed by atoms with Crippen LogP contribution in [-0.2, 0) is 13.7 Å². The Morgan fingerprint density at radius 1 is 1.23 bits per heavy atom. The summed E-state index contributed by atoms with van der Waals surface area (Å²) < 4.78 is 33.5. The molecule has 1 heterocycles. The lowest BCUT2D eigenvalue weighted by molar-refractivity contribution is 0.102. The van der Waals surface area contributed by atoms with Crippen molar-refractivity contribution in [3.05, 3.63) is 77.1 Å². The lowest BCUT2D eigenvalue weighted by atomic mass is 10.1. The van der Waals surface area contributed by atoms with Gasteiger partial charge in [-0.15, -0.1) is 0 Å². The minimum atomic E-state index is -0.772. The van der Waals surface area contributed by atoms with Gasteiger partial charge in [-0.1, -0.05) is 12.1 Å². The standard InChI is InChI=1S/C19H17F2N3O2/c1-12-17(10-24(2)23-12)22-19(25)14-5-3-4-13(8-14)11-26-18-7-6-15(20)9-16(18)21/h3-10H,11H2,1-2H3,(H,22,25). The summed E-state index contributed by atoms with van der Waals surface area (Å²) in [5.74, 6) is -1.77. The first kappa shape index (κ1) is 17.6. The summed E-state index contributed by atoms with van der Waals surface area (Å²) in [7, 11) is 1.77. The number of rotatable bonds is 5. The third-order valence-electron chi connectivity index (χ3n) is 3.74. The molecule has 5 nitrogen and oxygen atoms in total. The van der Waals surface area contributed by atoms with Gasteiger partial charge in [0.2, 0.25) is 0 Å². The molecule has 0 bridgehead atoms. The van der Waals surface area contributed by atoms with Crippen LogP contribution in [0.4, 0.5) is 14.5 Å². The monoisotopic (exact) mass is 357 g/mol. The van der Waals surface area contributed by atoms with E-state index in [2.05, 4.69) is 10.4 Å². The van der Waals surface area contributed by atoms with Crippen LogP contribution in [0.5, 0.6) is 5.75 Å². The fraction of sp³-hybridized carbons (Fsp3) is 0.158. The second-order valence-corrected chi connectivity index (χ2v) is 5.82. The quantitative estimate of drug-likeness (QED) is 0.755. The zero-order valence-electron chi connectivity index (χ0n) is 14.3. The van der Waals surface area contributed by atoms with Crippen LogP contribution in [0.15, 0.2) is 48.7 Å². The lowest BCUT2D eigenvalue weighted by Gasteiger charge is -2.09. The van der Waals surface area contributed by atoms with Gasteiger partial charge in [-0.2, -0.15) is 5.10 Å². The largest absolute Gasteiger partial charge is 0.486 e. The van der Waals surface area contributed by atoms with Crippen molar-refractivity contribution in [1.29, 1.82) is 0 Å². The van der Waals surface area contributed by atoms with Crippen LogP contribution < -0.4 is 10.1 Å². The van der Waals surface area contributed by atoms with E-state index in [0.29, 0.717) is 22.5 Å². The van der Waals surface area contributed by atoms with Crippen LogP contribution >= 0.6 is 0 Å². The highest BCUT2D eigenvalue weighted by molar-refractivity contribution is 6.04. The highest BCUT2D eigenvalue weighted by atomic mass is 19.1. The third kappa shape index (κ3) is 4.05. The number of aryl methyl sites for hydroxylation is 2. The van der Waals surface area contributed by atoms with Crippen molar-refractivity contribution >= 4 is 11.6 Å². The smallest absolute Gasteiger partial charge is 0.255 e. The summed E-state index contributed by atoms with van der Waals surface area (Å²) in [4.78, 5) is 12.4. The third-order valence-corrected chi connectivity index (χ3v) is 3.74. The van der Waals surface area contributed by atoms with E-state index < -0.39 is 11.6 Å². The summed E-state index contributed by atoms with van der Waals surface area (Å²) in [6.45, 7) is 1.85. The molecule has 1 amide bonds. The molecule has 26 heavy (non-hydrogen) atoms. The summed E-state index contributed by atoms with van der Waals surface area (Å²) in [5.41, 5.74) is 2.47. The second kappa shape index (κ2) is 7.35. The van der Waals surface area contributed by atoms with Crippen molar-refractivity contribution in [3.63, 3.8) is 0 Å². The first-order valence-corrected chi connectivity index (χ1v) is 7.91. The summed E-state index contributed by atoms with van der Waals surface area (Å²) in [6, 6.07) is 9.91. The molecule has 0 unspecified atom stereocenters. The summed E-state index contributed by atoms with van der Waals surface area (Å²) in [5, 5.41) is 6.97. The van der Waals surface area contributed by atoms with Crippen molar-refractivity contribution in [2.24, 2.45) is 7.05 Å². The van der Waals surface area contributed by atoms with E-state index in [1.54, 1.807) is 49.1 Å². The van der Waals surface area contributed by atoms with E-state index in [1.807, 2.05) is 0 Å². The summed E-state index contributed by atoms with van der Waals surface area (Å²) >= 11 is 0. The maximum absolute atomic E-state index is 13.6. The molecule has 0 saturated heterocycles. The van der Waals surface area contributed by atoms with E-state index in [4.69, 9.17) is 4.74 Å². The van der Waals surface area contributed by atoms with Gasteiger partial charge in [0, 0.05) is 24.9 Å². The highest BCUT2D eigenvalue weighted by Gasteiger charge is 2.11. The van der Waals surface area contributed by atoms with Gasteiger partial charge in [0.25, 0.3) is 5.91 Å². The molecule has 3 aromatic rings. The van der Waals surface area contributed by atoms with Crippen LogP contribution in [0.3, 0.4) is 0 Å². The number of halogens is 2. The SMILES string of the molecule is Cc1nn(C)cc1NC(=O)c1cccc(COc2ccc(F)cc2F)c1. The van der Waals surface area contributed by atoms with Gasteiger partial charge in [0.1, 0.15) is 12.4 Å². The Balaban J connectivity index is 1.69. The molecule has 0 radical (unpaired) electrons. The Kier molecular flexibility index (Phi) is 4.97. The first-order chi connectivity index (χ1) is 12.4. The molecule has 2 aromatic carbocycles. The molecule has 1 aromatic heterocycles. The van der Waals surface area contributed by atoms with E-state index in [9.17, 15) is 13.6 Å². The van der Waals surface area contributed by atoms with Gasteiger partial charge in [-0.25, -0.2) is 8.78 Å². The Bertz CT molecular complexity index is 954. The van der Waals surface area contributed by atoms with E-state index >= 15 is 0 Å². The second-order valence-electron chi connectivity index (χ2n) is 5.82. The Morgan fingerprint density at radius 2 is 2.04 bits per heavy atom. The van der Waals surface area contributed by atoms with Crippen LogP contribution in [-0.4, -0.2) is 15.7 Å². The zero-order valence-corrected chi connectivity index (χ0v) is 14.3. The van der Waals surface area contributed by atoms with E-state index in [1.165, 1.54) is 6.07 Å². The van der Waals surface area contributed by atoms with Crippen molar-refractivity contribution in [3.8, 4) is 5.75 Å². The fourth-order valence-electron chi connectivity index (χ4n) is 2.47. The lowest BCUT2D eigenvalue weighted by Crippen LogP contribution is -2.12. The molecular weight excluding hydrogens is 340 g/mol. The van der Waals surface area contributed by atoms with Gasteiger partial charge >= 0.3 is 0 Å². The predicted octanol–water partition coefficient (Wildman–Crippen LogP) is 3.84. The molecule has 0 fully saturated rings. The van der Waals surface area contributed by atoms with Gasteiger partial charge in [0.15, 0.2) is 11.6 Å². The van der Waals surface area contributed by atoms with E-state index in [-0.39, 0.29) is 18.3 Å². The number of anilines is 1. The minimum absolute atomic E-state index is 0.0489. The van der Waals surface area contributed by atoms with Crippen molar-refractivity contribution in [2.75, 3.05) is 5.32 Å². The van der Waals surface area contributed by atoms with Crippen molar-refractivity contribution < 1.29 is 18.3 Å². The molecule has 0 atom stereocenters. The van der Waals surface area contributed by atoms with Crippen molar-refractivity contribution in [2.45, 2.75) is 13.5 Å². The van der Waals surface area contributed by atoms with E-state index in [0.717, 1.165) is 12.1 Å². The highest BCUT2D eigenvalue weighted by Crippen LogP contribution is 2.20. The van der Waals surface area contributed by atoms with Crippen LogP contribution in [0.1, 0.15) is 21.6 Å². The number of carbonyl (C=O) groups is 1. The molecule has 1 N–H and O–H groups in total. The number of nitrogens with one attached hydrogen (secondary N) is 1. The maximum Gasteiger partial charge on any atom is 0.255 e. The Morgan fingerprint density at radius 3 is 2.73 bits per heavy atom. The molecule has 0 aliphatic rings. The van der Waals surface area contributed by atoms with Crippen molar-refractivity contribution in [1.82, 2.24) is 9.78 Å². The number of hydrogen-bond acceptors (Lipinski definition) is 3. The number of amides is 1. The zero-order chi connectivity index (χ0) is 18.7. The first-order valence-electron chi connectivity index (χ1n) is 7.91. The number of ether oxygens (including phenoxy) is 1. The molecule has 0 spiro atoms. The maximum atomic E-state index is 13.6. The predicted molar refractivity (Wildman–Crippen MR) is 93.0 cm³/mol. The van der Waals surface area contributed by atoms with Gasteiger partial charge < -0.3 is 10.1 Å². The number of carbonyl (C=O) groups excluding carboxylic acids is 1. The minimum Gasteiger partial charge on any atom is -0.486 e. The molecular formula is C19H17F2N3O2. The normalized spacial score (nSPS) is 10.6. The van der Waals surface area contributed by atoms with Gasteiger partial charge in [-0.3, -0.25) is 9.48 Å². The Hall–Kier alpha value is -3.22. The number of aromatic nitrogens is 2. The van der Waals surface area contributed by atoms with Gasteiger partial charge in [0.05, 0.1) is 11.4 Å². The summed E-state index contributed by atoms with van der Waals surface area (Å²) in [6.07, 6.45) is 1.72. The number of nitrogens with zero attached hydrogens (tertiary/aromatic N) is 2.